The molecule has 0 saturated heterocycles. The molecule has 22 heavy (non-hydrogen) atoms. The second kappa shape index (κ2) is 5.85. The first-order chi connectivity index (χ1) is 10.7. The number of carbonyl (C=O) groups excluding carboxylic acids is 1. The molecular formula is C18H11F2NO. The van der Waals surface area contributed by atoms with Crippen LogP contribution in [-0.4, -0.2) is 11.3 Å². The molecule has 0 radical (unpaired) electrons. The van der Waals surface area contributed by atoms with E-state index in [4.69, 9.17) is 0 Å². The summed E-state index contributed by atoms with van der Waals surface area (Å²) in [4.78, 5) is 15.5. The topological polar surface area (TPSA) is 30.0 Å². The summed E-state index contributed by atoms with van der Waals surface area (Å²) < 4.78 is 26.7. The highest BCUT2D eigenvalue weighted by Gasteiger charge is 2.08. The lowest BCUT2D eigenvalue weighted by Crippen LogP contribution is -1.93. The van der Waals surface area contributed by atoms with Crippen molar-refractivity contribution in [3.63, 3.8) is 0 Å². The van der Waals surface area contributed by atoms with Crippen molar-refractivity contribution in [2.24, 2.45) is 0 Å². The van der Waals surface area contributed by atoms with Gasteiger partial charge in [-0.15, -0.1) is 0 Å². The van der Waals surface area contributed by atoms with Crippen LogP contribution in [0.25, 0.3) is 22.5 Å². The van der Waals surface area contributed by atoms with Gasteiger partial charge in [0.15, 0.2) is 0 Å². The number of hydrogen-bond donors (Lipinski definition) is 0. The number of nitrogens with zero attached hydrogens (tertiary/aromatic N) is 1. The van der Waals surface area contributed by atoms with E-state index >= 15 is 0 Å². The van der Waals surface area contributed by atoms with Gasteiger partial charge in [-0.1, -0.05) is 24.3 Å². The minimum Gasteiger partial charge on any atom is -0.298 e. The van der Waals surface area contributed by atoms with Gasteiger partial charge in [0, 0.05) is 16.7 Å². The van der Waals surface area contributed by atoms with Gasteiger partial charge in [-0.3, -0.25) is 4.79 Å². The van der Waals surface area contributed by atoms with Crippen molar-refractivity contribution in [3.05, 3.63) is 77.9 Å². The molecule has 0 atom stereocenters. The number of carbonyl (C=O) groups is 1. The lowest BCUT2D eigenvalue weighted by atomic mass is 10.0. The fraction of sp³-hybridized carbons (Fsp3) is 0. The summed E-state index contributed by atoms with van der Waals surface area (Å²) in [6.07, 6.45) is 0.688. The van der Waals surface area contributed by atoms with Gasteiger partial charge in [0.2, 0.25) is 0 Å². The SMILES string of the molecule is O=Cc1cc(-c2cccc(F)c2)nc(-c2cccc(F)c2)c1. The number of hydrogen-bond acceptors (Lipinski definition) is 2. The van der Waals surface area contributed by atoms with Gasteiger partial charge in [0.25, 0.3) is 0 Å². The fourth-order valence-electron chi connectivity index (χ4n) is 2.21. The maximum atomic E-state index is 13.4. The monoisotopic (exact) mass is 295 g/mol. The summed E-state index contributed by atoms with van der Waals surface area (Å²) >= 11 is 0. The maximum absolute atomic E-state index is 13.4. The highest BCUT2D eigenvalue weighted by molar-refractivity contribution is 5.81. The Balaban J connectivity index is 2.16. The Bertz CT molecular complexity index is 782. The average Bonchev–Trinajstić information content (AvgIpc) is 2.54. The molecule has 0 saturated carbocycles. The molecule has 0 aliphatic rings. The van der Waals surface area contributed by atoms with E-state index in [1.54, 1.807) is 36.4 Å². The smallest absolute Gasteiger partial charge is 0.150 e. The Hall–Kier alpha value is -2.88. The first-order valence-corrected chi connectivity index (χ1v) is 6.65. The van der Waals surface area contributed by atoms with Crippen LogP contribution in [0, 0.1) is 11.6 Å². The Morgan fingerprint density at radius 2 is 1.27 bits per heavy atom. The number of halogens is 2. The highest BCUT2D eigenvalue weighted by atomic mass is 19.1. The van der Waals surface area contributed by atoms with Crippen molar-refractivity contribution in [3.8, 4) is 22.5 Å². The van der Waals surface area contributed by atoms with Crippen LogP contribution >= 0.6 is 0 Å². The molecule has 0 amide bonds. The molecule has 1 heterocycles. The molecule has 0 bridgehead atoms. The van der Waals surface area contributed by atoms with Crippen molar-refractivity contribution < 1.29 is 13.6 Å². The zero-order valence-electron chi connectivity index (χ0n) is 11.5. The summed E-state index contributed by atoms with van der Waals surface area (Å²) in [5.41, 5.74) is 2.43. The molecule has 0 fully saturated rings. The van der Waals surface area contributed by atoms with Crippen molar-refractivity contribution in [2.45, 2.75) is 0 Å². The molecule has 0 aliphatic carbocycles. The van der Waals surface area contributed by atoms with Crippen LogP contribution in [-0.2, 0) is 0 Å². The lowest BCUT2D eigenvalue weighted by molar-refractivity contribution is 0.112. The molecule has 2 aromatic carbocycles. The third kappa shape index (κ3) is 2.91. The second-order valence-corrected chi connectivity index (χ2v) is 4.81. The largest absolute Gasteiger partial charge is 0.298 e. The zero-order chi connectivity index (χ0) is 15.5. The van der Waals surface area contributed by atoms with Crippen molar-refractivity contribution in [1.82, 2.24) is 4.98 Å². The standard InChI is InChI=1S/C18H11F2NO/c19-15-5-1-3-13(9-15)17-7-12(11-22)8-18(21-17)14-4-2-6-16(20)10-14/h1-11H. The summed E-state index contributed by atoms with van der Waals surface area (Å²) in [6, 6.07) is 15.0. The van der Waals surface area contributed by atoms with E-state index in [2.05, 4.69) is 4.98 Å². The Morgan fingerprint density at radius 3 is 1.68 bits per heavy atom. The third-order valence-electron chi connectivity index (χ3n) is 3.22. The van der Waals surface area contributed by atoms with E-state index in [0.29, 0.717) is 34.4 Å². The Kier molecular flexibility index (Phi) is 3.74. The quantitative estimate of drug-likeness (QED) is 0.666. The number of rotatable bonds is 3. The maximum Gasteiger partial charge on any atom is 0.150 e. The van der Waals surface area contributed by atoms with E-state index in [-0.39, 0.29) is 11.6 Å². The lowest BCUT2D eigenvalue weighted by Gasteiger charge is -2.07. The summed E-state index contributed by atoms with van der Waals surface area (Å²) in [5, 5.41) is 0. The van der Waals surface area contributed by atoms with Crippen LogP contribution in [0.4, 0.5) is 8.78 Å². The molecule has 0 unspecified atom stereocenters. The van der Waals surface area contributed by atoms with Crippen LogP contribution in [0.2, 0.25) is 0 Å². The highest BCUT2D eigenvalue weighted by Crippen LogP contribution is 2.25. The fourth-order valence-corrected chi connectivity index (χ4v) is 2.21. The second-order valence-electron chi connectivity index (χ2n) is 4.81. The molecule has 4 heteroatoms. The first-order valence-electron chi connectivity index (χ1n) is 6.65. The molecule has 1 aromatic heterocycles. The van der Waals surface area contributed by atoms with Crippen LogP contribution in [0.5, 0.6) is 0 Å². The van der Waals surface area contributed by atoms with Crippen LogP contribution in [0.1, 0.15) is 10.4 Å². The van der Waals surface area contributed by atoms with E-state index in [9.17, 15) is 13.6 Å². The Labute approximate surface area is 126 Å². The van der Waals surface area contributed by atoms with Gasteiger partial charge in [0.05, 0.1) is 11.4 Å². The van der Waals surface area contributed by atoms with Gasteiger partial charge >= 0.3 is 0 Å². The van der Waals surface area contributed by atoms with Gasteiger partial charge in [0.1, 0.15) is 17.9 Å². The summed E-state index contributed by atoms with van der Waals surface area (Å²) in [7, 11) is 0. The minimum atomic E-state index is -0.386. The Morgan fingerprint density at radius 1 is 0.773 bits per heavy atom. The van der Waals surface area contributed by atoms with Crippen LogP contribution in [0.3, 0.4) is 0 Å². The van der Waals surface area contributed by atoms with E-state index in [0.717, 1.165) is 0 Å². The van der Waals surface area contributed by atoms with Crippen LogP contribution < -0.4 is 0 Å². The molecule has 2 nitrogen and oxygen atoms in total. The molecule has 3 aromatic rings. The molecule has 3 rings (SSSR count). The molecule has 108 valence electrons. The van der Waals surface area contributed by atoms with E-state index in [1.165, 1.54) is 24.3 Å². The molecular weight excluding hydrogens is 284 g/mol. The van der Waals surface area contributed by atoms with Gasteiger partial charge in [-0.2, -0.15) is 0 Å². The van der Waals surface area contributed by atoms with E-state index < -0.39 is 0 Å². The molecule has 0 aliphatic heterocycles. The predicted molar refractivity (Wildman–Crippen MR) is 80.4 cm³/mol. The van der Waals surface area contributed by atoms with Crippen molar-refractivity contribution in [1.29, 1.82) is 0 Å². The minimum absolute atomic E-state index is 0.386. The van der Waals surface area contributed by atoms with Crippen LogP contribution in [0.15, 0.2) is 60.7 Å². The predicted octanol–water partition coefficient (Wildman–Crippen LogP) is 4.51. The van der Waals surface area contributed by atoms with Gasteiger partial charge < -0.3 is 0 Å². The number of benzene rings is 2. The number of aldehydes is 1. The van der Waals surface area contributed by atoms with Gasteiger partial charge in [-0.05, 0) is 36.4 Å². The molecule has 0 spiro atoms. The normalized spacial score (nSPS) is 10.5. The summed E-state index contributed by atoms with van der Waals surface area (Å²) in [6.45, 7) is 0. The third-order valence-corrected chi connectivity index (χ3v) is 3.22. The van der Waals surface area contributed by atoms with E-state index in [1.807, 2.05) is 0 Å². The average molecular weight is 295 g/mol. The van der Waals surface area contributed by atoms with Gasteiger partial charge in [-0.25, -0.2) is 13.8 Å². The molecule has 0 N–H and O–H groups in total. The van der Waals surface area contributed by atoms with Crippen molar-refractivity contribution >= 4 is 6.29 Å². The van der Waals surface area contributed by atoms with Crippen molar-refractivity contribution in [2.75, 3.05) is 0 Å². The number of pyridine rings is 1. The number of aromatic nitrogens is 1. The zero-order valence-corrected chi connectivity index (χ0v) is 11.5. The first kappa shape index (κ1) is 14.1. The summed E-state index contributed by atoms with van der Waals surface area (Å²) in [5.74, 6) is -0.772.